The zero-order valence-corrected chi connectivity index (χ0v) is 40.0. The maximum atomic E-state index is 12.8. The lowest BCUT2D eigenvalue weighted by atomic mass is 10.0. The number of carbonyl (C=O) groups excluding carboxylic acids is 1. The van der Waals surface area contributed by atoms with E-state index >= 15 is 0 Å². The molecule has 0 saturated heterocycles. The predicted molar refractivity (Wildman–Crippen MR) is 263 cm³/mol. The Morgan fingerprint density at radius 3 is 1.46 bits per heavy atom. The molecule has 0 aliphatic carbocycles. The molecule has 1 amide bonds. The Balaban J connectivity index is 4.22. The van der Waals surface area contributed by atoms with Crippen molar-refractivity contribution in [2.24, 2.45) is 5.73 Å². The molecule has 0 radical (unpaired) electrons. The summed E-state index contributed by atoms with van der Waals surface area (Å²) in [5, 5.41) is 13.7. The summed E-state index contributed by atoms with van der Waals surface area (Å²) in [7, 11) is -4.36. The van der Waals surface area contributed by atoms with Gasteiger partial charge in [0.2, 0.25) is 5.91 Å². The van der Waals surface area contributed by atoms with E-state index in [-0.39, 0.29) is 25.7 Å². The quantitative estimate of drug-likeness (QED) is 0.0272. The maximum Gasteiger partial charge on any atom is 0.472 e. The number of nitrogens with one attached hydrogen (secondary N) is 1. The van der Waals surface area contributed by atoms with E-state index in [4.69, 9.17) is 14.8 Å². The van der Waals surface area contributed by atoms with Crippen LogP contribution in [-0.2, 0) is 18.4 Å². The Morgan fingerprint density at radius 2 is 0.967 bits per heavy atom. The van der Waals surface area contributed by atoms with E-state index in [0.717, 1.165) is 83.5 Å². The predicted octanol–water partition coefficient (Wildman–Crippen LogP) is 14.6. The van der Waals surface area contributed by atoms with Crippen LogP contribution >= 0.6 is 7.82 Å². The lowest BCUT2D eigenvalue weighted by Gasteiger charge is -2.23. The molecule has 0 aromatic rings. The first-order chi connectivity index (χ1) is 29.9. The highest BCUT2D eigenvalue weighted by Crippen LogP contribution is 2.43. The summed E-state index contributed by atoms with van der Waals surface area (Å²) < 4.78 is 22.2. The molecule has 0 bridgehead atoms. The Labute approximate surface area is 375 Å². The lowest BCUT2D eigenvalue weighted by molar-refractivity contribution is -0.123. The summed E-state index contributed by atoms with van der Waals surface area (Å²) >= 11 is 0. The zero-order chi connectivity index (χ0) is 44.6. The first kappa shape index (κ1) is 58.7. The second kappa shape index (κ2) is 47.2. The molecule has 0 aromatic heterocycles. The number of unbranched alkanes of at least 4 members (excludes halogenated alkanes) is 21. The van der Waals surface area contributed by atoms with Crippen molar-refractivity contribution in [1.29, 1.82) is 0 Å². The second-order valence-electron chi connectivity index (χ2n) is 16.3. The third-order valence-electron chi connectivity index (χ3n) is 10.5. The average molecular weight is 873 g/mol. The fraction of sp³-hybridized carbons (Fsp3) is 0.712. The minimum Gasteiger partial charge on any atom is -0.387 e. The van der Waals surface area contributed by atoms with E-state index in [9.17, 15) is 19.4 Å². The van der Waals surface area contributed by atoms with Gasteiger partial charge in [-0.3, -0.25) is 13.8 Å². The summed E-state index contributed by atoms with van der Waals surface area (Å²) in [5.41, 5.74) is 5.39. The number of phosphoric acid groups is 1. The molecule has 0 heterocycles. The van der Waals surface area contributed by atoms with Gasteiger partial charge in [-0.05, 0) is 77.0 Å². The Morgan fingerprint density at radius 1 is 0.557 bits per heavy atom. The fourth-order valence-electron chi connectivity index (χ4n) is 6.76. The van der Waals surface area contributed by atoms with E-state index in [2.05, 4.69) is 92.1 Å². The van der Waals surface area contributed by atoms with Crippen LogP contribution in [0.5, 0.6) is 0 Å². The molecule has 61 heavy (non-hydrogen) atoms. The van der Waals surface area contributed by atoms with Gasteiger partial charge >= 0.3 is 7.82 Å². The Hall–Kier alpha value is -2.32. The van der Waals surface area contributed by atoms with Crippen LogP contribution in [0.4, 0.5) is 0 Å². The molecular formula is C52H93N2O6P. The van der Waals surface area contributed by atoms with Crippen molar-refractivity contribution in [3.8, 4) is 0 Å². The number of hydrogen-bond donors (Lipinski definition) is 4. The number of nitrogens with two attached hydrogens (primary N) is 1. The van der Waals surface area contributed by atoms with Crippen LogP contribution in [0, 0.1) is 0 Å². The molecule has 5 N–H and O–H groups in total. The number of carbonyl (C=O) groups is 1. The van der Waals surface area contributed by atoms with E-state index in [1.807, 2.05) is 6.08 Å². The molecule has 0 aromatic carbocycles. The smallest absolute Gasteiger partial charge is 0.387 e. The van der Waals surface area contributed by atoms with Gasteiger partial charge in [-0.25, -0.2) is 4.57 Å². The van der Waals surface area contributed by atoms with Crippen molar-refractivity contribution in [1.82, 2.24) is 5.32 Å². The largest absolute Gasteiger partial charge is 0.472 e. The number of rotatable bonds is 45. The molecule has 0 fully saturated rings. The standard InChI is InChI=1S/C52H93N2O6P/c1-3-5-7-9-11-13-15-17-19-21-23-24-25-26-28-30-32-34-36-38-40-42-44-46-52(56)54-50(49-60-61(57,58)59-48-47-53)51(55)45-43-41-39-37-35-33-31-29-27-22-20-18-16-14-12-10-8-6-4-2/h5,7,11,13,17,19,23-24,26,28,35,37,43,45,50-51,55H,3-4,6,8-10,12,14-16,18,20-22,25,27,29-34,36,38-42,44,46-49,53H2,1-2H3,(H,54,56)(H,57,58)/b7-5-,13-11-,19-17-,24-23-,28-26-,37-35+,45-43+. The molecule has 0 saturated carbocycles. The van der Waals surface area contributed by atoms with Crippen LogP contribution in [0.1, 0.15) is 206 Å². The second-order valence-corrected chi connectivity index (χ2v) is 17.7. The number of phosphoric ester groups is 1. The zero-order valence-electron chi connectivity index (χ0n) is 39.1. The number of hydrogen-bond acceptors (Lipinski definition) is 6. The summed E-state index contributed by atoms with van der Waals surface area (Å²) in [4.78, 5) is 22.8. The number of aliphatic hydroxyl groups is 1. The number of aliphatic hydroxyl groups excluding tert-OH is 1. The Bertz CT molecular complexity index is 1230. The topological polar surface area (TPSA) is 131 Å². The van der Waals surface area contributed by atoms with Crippen molar-refractivity contribution in [2.45, 2.75) is 219 Å². The summed E-state index contributed by atoms with van der Waals surface area (Å²) in [6.45, 7) is 3.99. The minimum absolute atomic E-state index is 0.0678. The molecule has 352 valence electrons. The van der Waals surface area contributed by atoms with Gasteiger partial charge in [-0.15, -0.1) is 0 Å². The van der Waals surface area contributed by atoms with Gasteiger partial charge in [0.05, 0.1) is 25.4 Å². The Kier molecular flexibility index (Phi) is 45.4. The molecule has 3 unspecified atom stereocenters. The van der Waals surface area contributed by atoms with Crippen LogP contribution in [0.3, 0.4) is 0 Å². The van der Waals surface area contributed by atoms with E-state index in [1.54, 1.807) is 6.08 Å². The highest BCUT2D eigenvalue weighted by Gasteiger charge is 2.26. The van der Waals surface area contributed by atoms with Crippen LogP contribution in [0.2, 0.25) is 0 Å². The molecule has 9 heteroatoms. The first-order valence-corrected chi connectivity index (χ1v) is 26.2. The van der Waals surface area contributed by atoms with E-state index in [0.29, 0.717) is 6.42 Å². The van der Waals surface area contributed by atoms with Crippen molar-refractivity contribution in [2.75, 3.05) is 19.8 Å². The van der Waals surface area contributed by atoms with Gasteiger partial charge in [-0.1, -0.05) is 208 Å². The first-order valence-electron chi connectivity index (χ1n) is 24.7. The van der Waals surface area contributed by atoms with Gasteiger partial charge in [0.1, 0.15) is 0 Å². The monoisotopic (exact) mass is 873 g/mol. The summed E-state index contributed by atoms with van der Waals surface area (Å²) in [6.07, 6.45) is 63.6. The van der Waals surface area contributed by atoms with Crippen molar-refractivity contribution in [3.63, 3.8) is 0 Å². The summed E-state index contributed by atoms with van der Waals surface area (Å²) in [5.74, 6) is -0.218. The highest BCUT2D eigenvalue weighted by atomic mass is 31.2. The molecule has 0 rings (SSSR count). The SMILES string of the molecule is CC/C=C\C/C=C\C/C=C\C/C=C\C/C=C\CCCCCCCCCC(=O)NC(COP(=O)(O)OCCN)C(O)/C=C/CC/C=C/CCCCCCCCCCCCCCC. The molecule has 3 atom stereocenters. The fourth-order valence-corrected chi connectivity index (χ4v) is 7.52. The average Bonchev–Trinajstić information content (AvgIpc) is 3.25. The van der Waals surface area contributed by atoms with Crippen molar-refractivity contribution >= 4 is 13.7 Å². The normalized spacial score (nSPS) is 14.6. The van der Waals surface area contributed by atoms with Crippen LogP contribution < -0.4 is 11.1 Å². The summed E-state index contributed by atoms with van der Waals surface area (Å²) in [6, 6.07) is -0.889. The van der Waals surface area contributed by atoms with Gasteiger partial charge in [0.25, 0.3) is 0 Å². The molecule has 0 aliphatic heterocycles. The van der Waals surface area contributed by atoms with Crippen molar-refractivity contribution in [3.05, 3.63) is 85.1 Å². The van der Waals surface area contributed by atoms with Gasteiger partial charge in [0, 0.05) is 13.0 Å². The third-order valence-corrected chi connectivity index (χ3v) is 11.4. The van der Waals surface area contributed by atoms with Crippen LogP contribution in [-0.4, -0.2) is 47.8 Å². The third kappa shape index (κ3) is 45.5. The van der Waals surface area contributed by atoms with Gasteiger partial charge in [-0.2, -0.15) is 0 Å². The molecule has 0 spiro atoms. The number of allylic oxidation sites excluding steroid dienone is 13. The highest BCUT2D eigenvalue weighted by molar-refractivity contribution is 7.47. The molecule has 8 nitrogen and oxygen atoms in total. The molecule has 0 aliphatic rings. The van der Waals surface area contributed by atoms with Crippen molar-refractivity contribution < 1.29 is 28.4 Å². The molecular weight excluding hydrogens is 780 g/mol. The maximum absolute atomic E-state index is 12.8. The van der Waals surface area contributed by atoms with Gasteiger partial charge < -0.3 is 21.1 Å². The van der Waals surface area contributed by atoms with E-state index < -0.39 is 20.0 Å². The van der Waals surface area contributed by atoms with E-state index in [1.165, 1.54) is 103 Å². The van der Waals surface area contributed by atoms with Crippen LogP contribution in [0.15, 0.2) is 85.1 Å². The number of amides is 1. The van der Waals surface area contributed by atoms with Gasteiger partial charge in [0.15, 0.2) is 0 Å². The van der Waals surface area contributed by atoms with Crippen LogP contribution in [0.25, 0.3) is 0 Å². The minimum atomic E-state index is -4.36. The lowest BCUT2D eigenvalue weighted by Crippen LogP contribution is -2.45.